The molecule has 5 heteroatoms. The van der Waals surface area contributed by atoms with E-state index in [9.17, 15) is 9.59 Å². The maximum absolute atomic E-state index is 12.7. The minimum absolute atomic E-state index is 0.0338. The smallest absolute Gasteiger partial charge is 0.227 e. The van der Waals surface area contributed by atoms with Crippen LogP contribution in [0.3, 0.4) is 0 Å². The van der Waals surface area contributed by atoms with E-state index in [0.717, 1.165) is 25.8 Å². The minimum atomic E-state index is -0.264. The van der Waals surface area contributed by atoms with E-state index >= 15 is 0 Å². The number of likely N-dealkylation sites (tertiary alicyclic amines) is 1. The number of carbonyl (C=O) groups is 2. The molecule has 21 heavy (non-hydrogen) atoms. The predicted octanol–water partition coefficient (Wildman–Crippen LogP) is 1.66. The van der Waals surface area contributed by atoms with Gasteiger partial charge in [0.05, 0.1) is 18.1 Å². The number of hydrogen-bond donors (Lipinski definition) is 0. The van der Waals surface area contributed by atoms with Crippen LogP contribution in [0.2, 0.25) is 0 Å². The van der Waals surface area contributed by atoms with Crippen LogP contribution in [0.5, 0.6) is 0 Å². The molecule has 120 valence electrons. The number of nitrogens with zero attached hydrogens (tertiary/aromatic N) is 2. The first kappa shape index (κ1) is 16.3. The van der Waals surface area contributed by atoms with Gasteiger partial charge in [-0.05, 0) is 33.1 Å². The Labute approximate surface area is 127 Å². The van der Waals surface area contributed by atoms with Crippen molar-refractivity contribution in [2.45, 2.75) is 52.1 Å². The molecule has 1 atom stereocenters. The van der Waals surface area contributed by atoms with Crippen LogP contribution in [-0.4, -0.2) is 60.0 Å². The predicted molar refractivity (Wildman–Crippen MR) is 80.8 cm³/mol. The number of morpholine rings is 1. The van der Waals surface area contributed by atoms with E-state index in [1.807, 2.05) is 30.6 Å². The molecule has 2 heterocycles. The van der Waals surface area contributed by atoms with Crippen LogP contribution in [0, 0.1) is 5.92 Å². The van der Waals surface area contributed by atoms with Crippen molar-refractivity contribution in [2.75, 3.05) is 32.8 Å². The number of hydrogen-bond acceptors (Lipinski definition) is 3. The first-order valence-electron chi connectivity index (χ1n) is 8.13. The van der Waals surface area contributed by atoms with E-state index < -0.39 is 0 Å². The molecule has 0 aromatic rings. The monoisotopic (exact) mass is 296 g/mol. The minimum Gasteiger partial charge on any atom is -0.372 e. The average Bonchev–Trinajstić information content (AvgIpc) is 2.46. The summed E-state index contributed by atoms with van der Waals surface area (Å²) in [5.41, 5.74) is -0.264. The Morgan fingerprint density at radius 1 is 1.24 bits per heavy atom. The third-order valence-electron chi connectivity index (χ3n) is 4.32. The zero-order valence-electron chi connectivity index (χ0n) is 13.6. The van der Waals surface area contributed by atoms with Gasteiger partial charge in [-0.25, -0.2) is 0 Å². The fourth-order valence-electron chi connectivity index (χ4n) is 3.24. The van der Waals surface area contributed by atoms with Crippen molar-refractivity contribution in [1.82, 2.24) is 9.80 Å². The molecule has 0 unspecified atom stereocenters. The van der Waals surface area contributed by atoms with Crippen LogP contribution < -0.4 is 0 Å². The van der Waals surface area contributed by atoms with Gasteiger partial charge in [0.25, 0.3) is 0 Å². The summed E-state index contributed by atoms with van der Waals surface area (Å²) in [4.78, 5) is 28.5. The van der Waals surface area contributed by atoms with Crippen molar-refractivity contribution >= 4 is 11.8 Å². The SMILES string of the molecule is CCCC(=O)N1CCC[C@H](C(=O)N2CCOC(C)(C)C2)C1. The highest BCUT2D eigenvalue weighted by Crippen LogP contribution is 2.23. The van der Waals surface area contributed by atoms with E-state index in [1.165, 1.54) is 0 Å². The standard InChI is InChI=1S/C16H28N2O3/c1-4-6-14(19)17-8-5-7-13(11-17)15(20)18-9-10-21-16(2,3)12-18/h13H,4-12H2,1-3H3/t13-/m0/s1. The second-order valence-corrected chi connectivity index (χ2v) is 6.80. The Balaban J connectivity index is 1.94. The van der Waals surface area contributed by atoms with Crippen molar-refractivity contribution in [2.24, 2.45) is 5.92 Å². The Kier molecular flexibility index (Phi) is 5.25. The summed E-state index contributed by atoms with van der Waals surface area (Å²) < 4.78 is 5.67. The van der Waals surface area contributed by atoms with Gasteiger partial charge in [0.1, 0.15) is 0 Å². The van der Waals surface area contributed by atoms with E-state index in [-0.39, 0.29) is 23.3 Å². The third-order valence-corrected chi connectivity index (χ3v) is 4.32. The molecule has 0 aromatic heterocycles. The Bertz CT molecular complexity index is 395. The molecule has 2 aliphatic heterocycles. The first-order chi connectivity index (χ1) is 9.93. The Morgan fingerprint density at radius 2 is 2.00 bits per heavy atom. The van der Waals surface area contributed by atoms with Crippen LogP contribution in [0.25, 0.3) is 0 Å². The van der Waals surface area contributed by atoms with Gasteiger partial charge in [-0.3, -0.25) is 9.59 Å². The summed E-state index contributed by atoms with van der Waals surface area (Å²) in [5.74, 6) is 0.353. The van der Waals surface area contributed by atoms with Gasteiger partial charge >= 0.3 is 0 Å². The summed E-state index contributed by atoms with van der Waals surface area (Å²) in [6.07, 6.45) is 3.28. The molecule has 0 saturated carbocycles. The van der Waals surface area contributed by atoms with Gasteiger partial charge in [-0.1, -0.05) is 6.92 Å². The van der Waals surface area contributed by atoms with E-state index in [4.69, 9.17) is 4.74 Å². The molecule has 0 aromatic carbocycles. The molecule has 0 radical (unpaired) electrons. The second-order valence-electron chi connectivity index (χ2n) is 6.80. The Morgan fingerprint density at radius 3 is 2.67 bits per heavy atom. The van der Waals surface area contributed by atoms with E-state index in [0.29, 0.717) is 32.7 Å². The third kappa shape index (κ3) is 4.19. The lowest BCUT2D eigenvalue weighted by Crippen LogP contribution is -2.54. The normalized spacial score (nSPS) is 25.8. The number of carbonyl (C=O) groups excluding carboxylic acids is 2. The van der Waals surface area contributed by atoms with Gasteiger partial charge in [-0.2, -0.15) is 0 Å². The summed E-state index contributed by atoms with van der Waals surface area (Å²) in [6, 6.07) is 0. The highest BCUT2D eigenvalue weighted by Gasteiger charge is 2.35. The van der Waals surface area contributed by atoms with Crippen LogP contribution in [-0.2, 0) is 14.3 Å². The van der Waals surface area contributed by atoms with E-state index in [2.05, 4.69) is 0 Å². The van der Waals surface area contributed by atoms with Gasteiger partial charge in [-0.15, -0.1) is 0 Å². The highest BCUT2D eigenvalue weighted by molar-refractivity contribution is 5.81. The lowest BCUT2D eigenvalue weighted by atomic mass is 9.95. The molecule has 0 N–H and O–H groups in total. The van der Waals surface area contributed by atoms with Gasteiger partial charge in [0.2, 0.25) is 11.8 Å². The Hall–Kier alpha value is -1.10. The van der Waals surface area contributed by atoms with Crippen LogP contribution >= 0.6 is 0 Å². The summed E-state index contributed by atoms with van der Waals surface area (Å²) in [7, 11) is 0. The molecule has 2 amide bonds. The maximum atomic E-state index is 12.7. The summed E-state index contributed by atoms with van der Waals surface area (Å²) in [5, 5.41) is 0. The topological polar surface area (TPSA) is 49.9 Å². The van der Waals surface area contributed by atoms with Crippen LogP contribution in [0.4, 0.5) is 0 Å². The number of piperidine rings is 1. The lowest BCUT2D eigenvalue weighted by Gasteiger charge is -2.41. The second kappa shape index (κ2) is 6.77. The largest absolute Gasteiger partial charge is 0.372 e. The van der Waals surface area contributed by atoms with E-state index in [1.54, 1.807) is 0 Å². The van der Waals surface area contributed by atoms with Crippen molar-refractivity contribution < 1.29 is 14.3 Å². The fraction of sp³-hybridized carbons (Fsp3) is 0.875. The van der Waals surface area contributed by atoms with Gasteiger partial charge in [0.15, 0.2) is 0 Å². The molecule has 0 bridgehead atoms. The molecule has 2 fully saturated rings. The molecule has 0 aliphatic carbocycles. The van der Waals surface area contributed by atoms with Crippen LogP contribution in [0.15, 0.2) is 0 Å². The average molecular weight is 296 g/mol. The molecular weight excluding hydrogens is 268 g/mol. The first-order valence-corrected chi connectivity index (χ1v) is 8.13. The van der Waals surface area contributed by atoms with Gasteiger partial charge < -0.3 is 14.5 Å². The zero-order chi connectivity index (χ0) is 15.5. The highest BCUT2D eigenvalue weighted by atomic mass is 16.5. The van der Waals surface area contributed by atoms with Crippen molar-refractivity contribution in [1.29, 1.82) is 0 Å². The summed E-state index contributed by atoms with van der Waals surface area (Å²) >= 11 is 0. The molecule has 5 nitrogen and oxygen atoms in total. The molecule has 2 saturated heterocycles. The molecule has 2 rings (SSSR count). The zero-order valence-corrected chi connectivity index (χ0v) is 13.6. The molecular formula is C16H28N2O3. The van der Waals surface area contributed by atoms with Crippen molar-refractivity contribution in [3.05, 3.63) is 0 Å². The lowest BCUT2D eigenvalue weighted by molar-refractivity contribution is -0.152. The molecule has 2 aliphatic rings. The quantitative estimate of drug-likeness (QED) is 0.796. The molecule has 0 spiro atoms. The van der Waals surface area contributed by atoms with Crippen molar-refractivity contribution in [3.8, 4) is 0 Å². The number of amides is 2. The maximum Gasteiger partial charge on any atom is 0.227 e. The van der Waals surface area contributed by atoms with Crippen molar-refractivity contribution in [3.63, 3.8) is 0 Å². The number of ether oxygens (including phenoxy) is 1. The van der Waals surface area contributed by atoms with Gasteiger partial charge in [0, 0.05) is 32.6 Å². The fourth-order valence-corrected chi connectivity index (χ4v) is 3.24. The van der Waals surface area contributed by atoms with Crippen LogP contribution in [0.1, 0.15) is 46.5 Å². The summed E-state index contributed by atoms with van der Waals surface area (Å²) in [6.45, 7) is 9.36. The number of rotatable bonds is 3.